The number of thioether (sulfide) groups is 1. The number of benzene rings is 1. The number of nitrogens with zero attached hydrogens (tertiary/aromatic N) is 1. The average Bonchev–Trinajstić information content (AvgIpc) is 2.74. The van der Waals surface area contributed by atoms with Gasteiger partial charge in [0.1, 0.15) is 17.5 Å². The highest BCUT2D eigenvalue weighted by molar-refractivity contribution is 8.00. The number of halogens is 2. The van der Waals surface area contributed by atoms with Crippen LogP contribution < -0.4 is 5.32 Å². The van der Waals surface area contributed by atoms with Crippen LogP contribution in [0, 0.1) is 18.6 Å². The molecule has 100 valence electrons. The predicted molar refractivity (Wildman–Crippen MR) is 69.0 cm³/mol. The van der Waals surface area contributed by atoms with Crippen molar-refractivity contribution in [1.82, 2.24) is 10.2 Å². The molecule has 1 heterocycles. The smallest absolute Gasteiger partial charge is 0.235 e. The number of carbonyl (C=O) groups is 1. The highest BCUT2D eigenvalue weighted by atomic mass is 32.2. The first-order chi connectivity index (χ1) is 9.06. The molecule has 0 spiro atoms. The van der Waals surface area contributed by atoms with Crippen LogP contribution >= 0.6 is 11.8 Å². The minimum Gasteiger partial charge on any atom is -0.310 e. The molecule has 0 saturated heterocycles. The lowest BCUT2D eigenvalue weighted by Crippen LogP contribution is -2.15. The summed E-state index contributed by atoms with van der Waals surface area (Å²) in [6, 6.07) is 3.26. The summed E-state index contributed by atoms with van der Waals surface area (Å²) in [5.41, 5.74) is 0.811. The van der Waals surface area contributed by atoms with Gasteiger partial charge in [0, 0.05) is 16.5 Å². The Hall–Kier alpha value is -1.89. The predicted octanol–water partition coefficient (Wildman–Crippen LogP) is 2.73. The number of nitrogens with one attached hydrogen (secondary N) is 2. The summed E-state index contributed by atoms with van der Waals surface area (Å²) in [7, 11) is 0. The fraction of sp³-hybridized carbons (Fsp3) is 0.167. The van der Waals surface area contributed by atoms with E-state index in [0.29, 0.717) is 5.82 Å². The molecule has 0 unspecified atom stereocenters. The van der Waals surface area contributed by atoms with Crippen LogP contribution in [0.15, 0.2) is 29.3 Å². The molecule has 0 saturated carbocycles. The summed E-state index contributed by atoms with van der Waals surface area (Å²) in [6.45, 7) is 1.80. The van der Waals surface area contributed by atoms with Crippen molar-refractivity contribution in [3.05, 3.63) is 41.6 Å². The fourth-order valence-electron chi connectivity index (χ4n) is 1.38. The maximum atomic E-state index is 13.3. The quantitative estimate of drug-likeness (QED) is 0.848. The summed E-state index contributed by atoms with van der Waals surface area (Å²) in [5, 5.41) is 9.02. The molecule has 2 rings (SSSR count). The molecule has 0 radical (unpaired) electrons. The maximum absolute atomic E-state index is 13.3. The first kappa shape index (κ1) is 13.5. The van der Waals surface area contributed by atoms with Gasteiger partial charge in [-0.1, -0.05) is 0 Å². The molecule has 0 bridgehead atoms. The third-order valence-electron chi connectivity index (χ3n) is 2.35. The Morgan fingerprint density at radius 2 is 2.26 bits per heavy atom. The Morgan fingerprint density at radius 1 is 1.47 bits per heavy atom. The lowest BCUT2D eigenvalue weighted by Gasteiger charge is -2.04. The van der Waals surface area contributed by atoms with E-state index in [2.05, 4.69) is 15.5 Å². The van der Waals surface area contributed by atoms with Gasteiger partial charge >= 0.3 is 0 Å². The molecule has 1 aromatic carbocycles. The van der Waals surface area contributed by atoms with Crippen LogP contribution in [0.2, 0.25) is 0 Å². The minimum absolute atomic E-state index is 0.0288. The van der Waals surface area contributed by atoms with Crippen molar-refractivity contribution in [2.45, 2.75) is 11.8 Å². The fourth-order valence-corrected chi connectivity index (χ4v) is 2.10. The highest BCUT2D eigenvalue weighted by Crippen LogP contribution is 2.22. The second-order valence-corrected chi connectivity index (χ2v) is 4.86. The second-order valence-electron chi connectivity index (χ2n) is 3.84. The Kier molecular flexibility index (Phi) is 4.16. The molecular weight excluding hydrogens is 272 g/mol. The van der Waals surface area contributed by atoms with Crippen LogP contribution in [0.3, 0.4) is 0 Å². The van der Waals surface area contributed by atoms with E-state index in [4.69, 9.17) is 0 Å². The number of aromatic nitrogens is 2. The molecular formula is C12H11F2N3OS. The maximum Gasteiger partial charge on any atom is 0.235 e. The Bertz CT molecular complexity index is 600. The molecule has 0 aliphatic rings. The van der Waals surface area contributed by atoms with Crippen LogP contribution in [0.5, 0.6) is 0 Å². The molecule has 19 heavy (non-hydrogen) atoms. The van der Waals surface area contributed by atoms with Crippen molar-refractivity contribution in [2.24, 2.45) is 0 Å². The third-order valence-corrected chi connectivity index (χ3v) is 3.39. The first-order valence-electron chi connectivity index (χ1n) is 5.44. The van der Waals surface area contributed by atoms with E-state index < -0.39 is 11.6 Å². The highest BCUT2D eigenvalue weighted by Gasteiger charge is 2.09. The van der Waals surface area contributed by atoms with Gasteiger partial charge in [0.2, 0.25) is 5.91 Å². The number of anilines is 1. The second kappa shape index (κ2) is 5.83. The lowest BCUT2D eigenvalue weighted by atomic mass is 10.3. The summed E-state index contributed by atoms with van der Waals surface area (Å²) < 4.78 is 26.0. The number of amides is 1. The lowest BCUT2D eigenvalue weighted by molar-refractivity contribution is -0.113. The Labute approximate surface area is 112 Å². The van der Waals surface area contributed by atoms with Crippen LogP contribution in [0.25, 0.3) is 0 Å². The van der Waals surface area contributed by atoms with Gasteiger partial charge in [0.05, 0.1) is 11.9 Å². The van der Waals surface area contributed by atoms with Crippen LogP contribution in [-0.4, -0.2) is 21.9 Å². The van der Waals surface area contributed by atoms with Gasteiger partial charge in [-0.2, -0.15) is 5.10 Å². The van der Waals surface area contributed by atoms with Crippen molar-refractivity contribution < 1.29 is 13.6 Å². The standard InChI is InChI=1S/C12H11F2N3OS/c1-7-5-15-17-12(7)16-11(18)6-19-10-3-2-8(13)4-9(10)14/h2-5H,6H2,1H3,(H2,15,16,17,18). The van der Waals surface area contributed by atoms with Gasteiger partial charge in [-0.15, -0.1) is 11.8 Å². The molecule has 0 aliphatic heterocycles. The normalized spacial score (nSPS) is 10.5. The Balaban J connectivity index is 1.92. The number of hydrogen-bond donors (Lipinski definition) is 2. The largest absolute Gasteiger partial charge is 0.310 e. The van der Waals surface area contributed by atoms with E-state index in [1.807, 2.05) is 0 Å². The van der Waals surface area contributed by atoms with E-state index in [1.54, 1.807) is 13.1 Å². The molecule has 2 aromatic rings. The molecule has 1 amide bonds. The van der Waals surface area contributed by atoms with E-state index in [-0.39, 0.29) is 16.6 Å². The van der Waals surface area contributed by atoms with Crippen molar-refractivity contribution >= 4 is 23.5 Å². The topological polar surface area (TPSA) is 57.8 Å². The zero-order valence-corrected chi connectivity index (χ0v) is 10.9. The zero-order chi connectivity index (χ0) is 13.8. The summed E-state index contributed by atoms with van der Waals surface area (Å²) >= 11 is 1.00. The summed E-state index contributed by atoms with van der Waals surface area (Å²) in [6.07, 6.45) is 1.59. The van der Waals surface area contributed by atoms with Crippen molar-refractivity contribution in [3.8, 4) is 0 Å². The average molecular weight is 283 g/mol. The molecule has 2 N–H and O–H groups in total. The van der Waals surface area contributed by atoms with Gasteiger partial charge in [-0.3, -0.25) is 9.89 Å². The van der Waals surface area contributed by atoms with Gasteiger partial charge in [-0.25, -0.2) is 8.78 Å². The monoisotopic (exact) mass is 283 g/mol. The number of aromatic amines is 1. The van der Waals surface area contributed by atoms with Crippen molar-refractivity contribution in [1.29, 1.82) is 0 Å². The number of aryl methyl sites for hydroxylation is 1. The van der Waals surface area contributed by atoms with Crippen molar-refractivity contribution in [2.75, 3.05) is 11.1 Å². The molecule has 0 atom stereocenters. The molecule has 1 aromatic heterocycles. The summed E-state index contributed by atoms with van der Waals surface area (Å²) in [4.78, 5) is 11.9. The molecule has 0 aliphatic carbocycles. The van der Waals surface area contributed by atoms with Crippen LogP contribution in [0.1, 0.15) is 5.56 Å². The van der Waals surface area contributed by atoms with E-state index >= 15 is 0 Å². The number of carbonyl (C=O) groups excluding carboxylic acids is 1. The van der Waals surface area contributed by atoms with Gasteiger partial charge < -0.3 is 5.32 Å². The van der Waals surface area contributed by atoms with Crippen molar-refractivity contribution in [3.63, 3.8) is 0 Å². The van der Waals surface area contributed by atoms with Gasteiger partial charge in [0.15, 0.2) is 0 Å². The van der Waals surface area contributed by atoms with Gasteiger partial charge in [0.25, 0.3) is 0 Å². The van der Waals surface area contributed by atoms with Crippen LogP contribution in [0.4, 0.5) is 14.6 Å². The van der Waals surface area contributed by atoms with E-state index in [1.165, 1.54) is 6.07 Å². The van der Waals surface area contributed by atoms with E-state index in [0.717, 1.165) is 29.5 Å². The zero-order valence-electron chi connectivity index (χ0n) is 10.0. The molecule has 4 nitrogen and oxygen atoms in total. The summed E-state index contributed by atoms with van der Waals surface area (Å²) in [5.74, 6) is -1.05. The third kappa shape index (κ3) is 3.54. The SMILES string of the molecule is Cc1cn[nH]c1NC(=O)CSc1ccc(F)cc1F. The van der Waals surface area contributed by atoms with Gasteiger partial charge in [-0.05, 0) is 19.1 Å². The molecule has 0 fully saturated rings. The molecule has 7 heteroatoms. The number of rotatable bonds is 4. The first-order valence-corrected chi connectivity index (χ1v) is 6.42. The van der Waals surface area contributed by atoms with E-state index in [9.17, 15) is 13.6 Å². The Morgan fingerprint density at radius 3 is 2.89 bits per heavy atom. The number of H-pyrrole nitrogens is 1. The minimum atomic E-state index is -0.671. The number of hydrogen-bond acceptors (Lipinski definition) is 3. The van der Waals surface area contributed by atoms with Crippen LogP contribution in [-0.2, 0) is 4.79 Å².